The van der Waals surface area contributed by atoms with Crippen LogP contribution >= 0.6 is 0 Å². The van der Waals surface area contributed by atoms with Gasteiger partial charge in [-0.15, -0.1) is 0 Å². The van der Waals surface area contributed by atoms with Crippen molar-refractivity contribution in [2.45, 2.75) is 19.4 Å². The Morgan fingerprint density at radius 2 is 2.05 bits per heavy atom. The minimum atomic E-state index is -0.765. The number of nitrogens with zero attached hydrogens (tertiary/aromatic N) is 1. The Kier molecular flexibility index (Phi) is 5.86. The first-order chi connectivity index (χ1) is 10.6. The topological polar surface area (TPSA) is 54.4 Å². The Labute approximate surface area is 130 Å². The summed E-state index contributed by atoms with van der Waals surface area (Å²) in [6.07, 6.45) is 1.24. The number of hydrogen-bond donors (Lipinski definition) is 2. The van der Waals surface area contributed by atoms with Crippen LogP contribution in [0.4, 0.5) is 4.39 Å². The van der Waals surface area contributed by atoms with Crippen molar-refractivity contribution in [3.05, 3.63) is 59.2 Å². The smallest absolute Gasteiger partial charge is 0.141 e. The zero-order valence-corrected chi connectivity index (χ0v) is 12.8. The van der Waals surface area contributed by atoms with E-state index in [1.165, 1.54) is 11.6 Å². The molecule has 1 aromatic carbocycles. The summed E-state index contributed by atoms with van der Waals surface area (Å²) >= 11 is 0. The summed E-state index contributed by atoms with van der Waals surface area (Å²) in [6, 6.07) is 9.20. The van der Waals surface area contributed by atoms with E-state index in [9.17, 15) is 9.50 Å². The molecule has 0 bridgehead atoms. The average Bonchev–Trinajstić information content (AvgIpc) is 2.54. The average molecular weight is 304 g/mol. The normalized spacial score (nSPS) is 12.2. The van der Waals surface area contributed by atoms with E-state index >= 15 is 0 Å². The molecule has 2 N–H and O–H groups in total. The van der Waals surface area contributed by atoms with E-state index in [1.54, 1.807) is 14.0 Å². The van der Waals surface area contributed by atoms with Crippen LogP contribution in [0.15, 0.2) is 36.5 Å². The van der Waals surface area contributed by atoms with Crippen LogP contribution in [-0.4, -0.2) is 30.3 Å². The van der Waals surface area contributed by atoms with Gasteiger partial charge < -0.3 is 15.2 Å². The second-order valence-electron chi connectivity index (χ2n) is 5.15. The largest absolute Gasteiger partial charge is 0.497 e. The van der Waals surface area contributed by atoms with Crippen LogP contribution < -0.4 is 10.1 Å². The number of benzene rings is 1. The lowest BCUT2D eigenvalue weighted by Crippen LogP contribution is -2.24. The van der Waals surface area contributed by atoms with Gasteiger partial charge in [-0.05, 0) is 43.7 Å². The highest BCUT2D eigenvalue weighted by molar-refractivity contribution is 5.27. The van der Waals surface area contributed by atoms with Gasteiger partial charge in [-0.3, -0.25) is 4.98 Å². The number of aliphatic hydroxyl groups is 1. The van der Waals surface area contributed by atoms with E-state index in [-0.39, 0.29) is 0 Å². The number of nitrogens with one attached hydrogen (secondary N) is 1. The summed E-state index contributed by atoms with van der Waals surface area (Å²) in [5, 5.41) is 13.3. The maximum atomic E-state index is 13.2. The Hall–Kier alpha value is -1.98. The lowest BCUT2D eigenvalue weighted by Gasteiger charge is -2.14. The van der Waals surface area contributed by atoms with Gasteiger partial charge in [0.05, 0.1) is 19.4 Å². The fourth-order valence-corrected chi connectivity index (χ4v) is 2.23. The Balaban J connectivity index is 1.79. The Bertz CT molecular complexity index is 602. The number of aromatic nitrogens is 1. The van der Waals surface area contributed by atoms with E-state index < -0.39 is 11.9 Å². The van der Waals surface area contributed by atoms with Crippen LogP contribution in [0.1, 0.15) is 22.9 Å². The van der Waals surface area contributed by atoms with Crippen molar-refractivity contribution in [3.8, 4) is 5.75 Å². The molecule has 1 heterocycles. The van der Waals surface area contributed by atoms with Gasteiger partial charge in [0.15, 0.2) is 0 Å². The number of aliphatic hydroxyl groups excluding tert-OH is 1. The van der Waals surface area contributed by atoms with Crippen LogP contribution in [0, 0.1) is 12.7 Å². The fourth-order valence-electron chi connectivity index (χ4n) is 2.23. The summed E-state index contributed by atoms with van der Waals surface area (Å²) in [5.74, 6) is 0.402. The number of pyridine rings is 1. The predicted octanol–water partition coefficient (Wildman–Crippen LogP) is 2.40. The van der Waals surface area contributed by atoms with Gasteiger partial charge in [0, 0.05) is 17.8 Å². The molecule has 0 aliphatic rings. The minimum absolute atomic E-state index is 0.363. The molecule has 0 saturated carbocycles. The molecule has 0 aliphatic carbocycles. The predicted molar refractivity (Wildman–Crippen MR) is 83.5 cm³/mol. The van der Waals surface area contributed by atoms with Crippen molar-refractivity contribution in [1.29, 1.82) is 0 Å². The molecule has 0 fully saturated rings. The molecular formula is C17H21FN2O2. The number of methoxy groups -OCH3 is 1. The molecule has 1 atom stereocenters. The highest BCUT2D eigenvalue weighted by atomic mass is 19.1. The second-order valence-corrected chi connectivity index (χ2v) is 5.15. The molecule has 0 amide bonds. The summed E-state index contributed by atoms with van der Waals surface area (Å²) in [6.45, 7) is 2.85. The summed E-state index contributed by atoms with van der Waals surface area (Å²) in [5.41, 5.74) is 2.36. The molecule has 22 heavy (non-hydrogen) atoms. The van der Waals surface area contributed by atoms with Crippen molar-refractivity contribution in [2.24, 2.45) is 0 Å². The maximum absolute atomic E-state index is 13.2. The Morgan fingerprint density at radius 3 is 2.73 bits per heavy atom. The maximum Gasteiger partial charge on any atom is 0.141 e. The highest BCUT2D eigenvalue weighted by Crippen LogP contribution is 2.16. The molecule has 0 aliphatic heterocycles. The third-order valence-electron chi connectivity index (χ3n) is 3.54. The van der Waals surface area contributed by atoms with Crippen LogP contribution in [0.25, 0.3) is 0 Å². The van der Waals surface area contributed by atoms with Gasteiger partial charge in [-0.2, -0.15) is 0 Å². The number of aryl methyl sites for hydroxylation is 1. The van der Waals surface area contributed by atoms with Crippen molar-refractivity contribution in [3.63, 3.8) is 0 Å². The summed E-state index contributed by atoms with van der Waals surface area (Å²) in [7, 11) is 1.64. The molecule has 118 valence electrons. The van der Waals surface area contributed by atoms with Crippen molar-refractivity contribution in [2.75, 3.05) is 20.2 Å². The van der Waals surface area contributed by atoms with Crippen LogP contribution in [0.2, 0.25) is 0 Å². The zero-order chi connectivity index (χ0) is 15.9. The SMILES string of the molecule is COc1ccc(CCNC[C@H](O)c2cc(F)cnc2C)cc1. The van der Waals surface area contributed by atoms with Gasteiger partial charge >= 0.3 is 0 Å². The van der Waals surface area contributed by atoms with E-state index in [0.717, 1.165) is 24.9 Å². The first-order valence-corrected chi connectivity index (χ1v) is 7.24. The van der Waals surface area contributed by atoms with Gasteiger partial charge in [-0.1, -0.05) is 12.1 Å². The number of halogens is 1. The van der Waals surface area contributed by atoms with Crippen molar-refractivity contribution < 1.29 is 14.2 Å². The second kappa shape index (κ2) is 7.87. The van der Waals surface area contributed by atoms with E-state index in [2.05, 4.69) is 10.3 Å². The molecule has 2 rings (SSSR count). The fraction of sp³-hybridized carbons (Fsp3) is 0.353. The molecule has 4 nitrogen and oxygen atoms in total. The standard InChI is InChI=1S/C17H21FN2O2/c1-12-16(9-14(18)10-20-12)17(21)11-19-8-7-13-3-5-15(22-2)6-4-13/h3-6,9-10,17,19,21H,7-8,11H2,1-2H3/t17-/m0/s1. The quantitative estimate of drug-likeness (QED) is 0.771. The highest BCUT2D eigenvalue weighted by Gasteiger charge is 2.12. The summed E-state index contributed by atoms with van der Waals surface area (Å²) in [4.78, 5) is 3.92. The number of hydrogen-bond acceptors (Lipinski definition) is 4. The molecule has 5 heteroatoms. The molecule has 0 spiro atoms. The zero-order valence-electron chi connectivity index (χ0n) is 12.8. The third kappa shape index (κ3) is 4.51. The molecule has 1 aromatic heterocycles. The summed E-state index contributed by atoms with van der Waals surface area (Å²) < 4.78 is 18.3. The first-order valence-electron chi connectivity index (χ1n) is 7.24. The van der Waals surface area contributed by atoms with Crippen LogP contribution in [0.3, 0.4) is 0 Å². The number of ether oxygens (including phenoxy) is 1. The molecular weight excluding hydrogens is 283 g/mol. The molecule has 2 aromatic rings. The minimum Gasteiger partial charge on any atom is -0.497 e. The first kappa shape index (κ1) is 16.4. The number of rotatable bonds is 7. The molecule has 0 unspecified atom stereocenters. The molecule has 0 saturated heterocycles. The van der Waals surface area contributed by atoms with Crippen molar-refractivity contribution in [1.82, 2.24) is 10.3 Å². The molecule has 0 radical (unpaired) electrons. The van der Waals surface area contributed by atoms with Gasteiger partial charge in [0.1, 0.15) is 11.6 Å². The van der Waals surface area contributed by atoms with Gasteiger partial charge in [-0.25, -0.2) is 4.39 Å². The van der Waals surface area contributed by atoms with Crippen molar-refractivity contribution >= 4 is 0 Å². The lowest BCUT2D eigenvalue weighted by molar-refractivity contribution is 0.173. The Morgan fingerprint density at radius 1 is 1.32 bits per heavy atom. The lowest BCUT2D eigenvalue weighted by atomic mass is 10.1. The monoisotopic (exact) mass is 304 g/mol. The van der Waals surface area contributed by atoms with Gasteiger partial charge in [0.2, 0.25) is 0 Å². The van der Waals surface area contributed by atoms with Crippen LogP contribution in [0.5, 0.6) is 5.75 Å². The van der Waals surface area contributed by atoms with E-state index in [0.29, 0.717) is 17.8 Å². The van der Waals surface area contributed by atoms with E-state index in [1.807, 2.05) is 24.3 Å². The van der Waals surface area contributed by atoms with E-state index in [4.69, 9.17) is 4.74 Å². The van der Waals surface area contributed by atoms with Gasteiger partial charge in [0.25, 0.3) is 0 Å². The van der Waals surface area contributed by atoms with Crippen LogP contribution in [-0.2, 0) is 6.42 Å². The third-order valence-corrected chi connectivity index (χ3v) is 3.54.